The van der Waals surface area contributed by atoms with E-state index in [0.29, 0.717) is 0 Å². The van der Waals surface area contributed by atoms with E-state index in [2.05, 4.69) is 68.0 Å². The number of hydrogen-bond acceptors (Lipinski definition) is 3. The minimum atomic E-state index is 0.0299. The Morgan fingerprint density at radius 2 is 1.68 bits per heavy atom. The fourth-order valence-electron chi connectivity index (χ4n) is 2.45. The Kier molecular flexibility index (Phi) is 4.64. The molecule has 0 spiro atoms. The summed E-state index contributed by atoms with van der Waals surface area (Å²) in [4.78, 5) is 1.25. The van der Waals surface area contributed by atoms with Gasteiger partial charge in [0, 0.05) is 4.90 Å². The monoisotopic (exact) mass is 272 g/mol. The Morgan fingerprint density at radius 1 is 1.05 bits per heavy atom. The summed E-state index contributed by atoms with van der Waals surface area (Å²) < 4.78 is 0. The van der Waals surface area contributed by atoms with Crippen molar-refractivity contribution in [1.29, 1.82) is 0 Å². The van der Waals surface area contributed by atoms with Crippen LogP contribution in [0.3, 0.4) is 0 Å². The Balaban J connectivity index is 2.49. The topological polar surface area (TPSA) is 38.0 Å². The van der Waals surface area contributed by atoms with Gasteiger partial charge in [0.05, 0.1) is 6.04 Å². The molecule has 0 radical (unpaired) electrons. The molecule has 2 aromatic rings. The van der Waals surface area contributed by atoms with Crippen molar-refractivity contribution in [2.45, 2.75) is 24.8 Å². The quantitative estimate of drug-likeness (QED) is 0.507. The van der Waals surface area contributed by atoms with Crippen LogP contribution in [0.2, 0.25) is 0 Å². The van der Waals surface area contributed by atoms with Crippen molar-refractivity contribution in [3.05, 3.63) is 64.7 Å². The molecule has 2 aromatic carbocycles. The smallest absolute Gasteiger partial charge is 0.0721 e. The van der Waals surface area contributed by atoms with E-state index < -0.39 is 0 Å². The van der Waals surface area contributed by atoms with Crippen molar-refractivity contribution in [1.82, 2.24) is 5.43 Å². The standard InChI is InChI=1S/C16H20N2S/c1-11-8-12(2)10-13(9-11)16(18-17)14-6-4-5-7-15(14)19-3/h4-10,16,18H,17H2,1-3H3. The molecule has 3 heteroatoms. The van der Waals surface area contributed by atoms with Gasteiger partial charge < -0.3 is 0 Å². The van der Waals surface area contributed by atoms with Crippen LogP contribution in [0.4, 0.5) is 0 Å². The Morgan fingerprint density at radius 3 is 2.26 bits per heavy atom. The molecule has 0 aliphatic rings. The summed E-state index contributed by atoms with van der Waals surface area (Å²) in [5.41, 5.74) is 7.91. The van der Waals surface area contributed by atoms with E-state index in [0.717, 1.165) is 0 Å². The number of thioether (sulfide) groups is 1. The van der Waals surface area contributed by atoms with Gasteiger partial charge in [0.15, 0.2) is 0 Å². The van der Waals surface area contributed by atoms with Crippen LogP contribution in [-0.2, 0) is 0 Å². The lowest BCUT2D eigenvalue weighted by Gasteiger charge is -2.20. The van der Waals surface area contributed by atoms with Crippen LogP contribution >= 0.6 is 11.8 Å². The van der Waals surface area contributed by atoms with Crippen molar-refractivity contribution in [3.8, 4) is 0 Å². The predicted molar refractivity (Wildman–Crippen MR) is 83.3 cm³/mol. The number of rotatable bonds is 4. The molecular formula is C16H20N2S. The second kappa shape index (κ2) is 6.24. The van der Waals surface area contributed by atoms with Crippen LogP contribution in [-0.4, -0.2) is 6.26 Å². The normalized spacial score (nSPS) is 12.4. The number of nitrogens with two attached hydrogens (primary N) is 1. The van der Waals surface area contributed by atoms with Gasteiger partial charge in [0.2, 0.25) is 0 Å². The highest BCUT2D eigenvalue weighted by molar-refractivity contribution is 7.98. The molecule has 0 aliphatic heterocycles. The maximum absolute atomic E-state index is 5.80. The van der Waals surface area contributed by atoms with Gasteiger partial charge in [-0.15, -0.1) is 11.8 Å². The van der Waals surface area contributed by atoms with E-state index in [9.17, 15) is 0 Å². The number of hydrogen-bond donors (Lipinski definition) is 2. The predicted octanol–water partition coefficient (Wildman–Crippen LogP) is 3.58. The third-order valence-electron chi connectivity index (χ3n) is 3.19. The molecule has 0 saturated carbocycles. The second-order valence-electron chi connectivity index (χ2n) is 4.76. The summed E-state index contributed by atoms with van der Waals surface area (Å²) in [5, 5.41) is 0. The number of hydrazine groups is 1. The zero-order chi connectivity index (χ0) is 13.8. The zero-order valence-corrected chi connectivity index (χ0v) is 12.4. The van der Waals surface area contributed by atoms with Gasteiger partial charge in [0.25, 0.3) is 0 Å². The molecule has 0 bridgehead atoms. The Hall–Kier alpha value is -1.29. The summed E-state index contributed by atoms with van der Waals surface area (Å²) in [5.74, 6) is 5.80. The number of benzene rings is 2. The first-order valence-electron chi connectivity index (χ1n) is 6.33. The van der Waals surface area contributed by atoms with Crippen LogP contribution in [0.5, 0.6) is 0 Å². The van der Waals surface area contributed by atoms with Gasteiger partial charge in [-0.3, -0.25) is 5.84 Å². The van der Waals surface area contributed by atoms with Crippen molar-refractivity contribution in [3.63, 3.8) is 0 Å². The first kappa shape index (κ1) is 14.1. The van der Waals surface area contributed by atoms with Crippen LogP contribution in [0.25, 0.3) is 0 Å². The fraction of sp³-hybridized carbons (Fsp3) is 0.250. The first-order chi connectivity index (χ1) is 9.15. The highest BCUT2D eigenvalue weighted by atomic mass is 32.2. The highest BCUT2D eigenvalue weighted by Gasteiger charge is 2.16. The van der Waals surface area contributed by atoms with E-state index >= 15 is 0 Å². The molecule has 0 aliphatic carbocycles. The molecule has 19 heavy (non-hydrogen) atoms. The van der Waals surface area contributed by atoms with Gasteiger partial charge in [-0.2, -0.15) is 0 Å². The maximum Gasteiger partial charge on any atom is 0.0721 e. The van der Waals surface area contributed by atoms with Gasteiger partial charge >= 0.3 is 0 Å². The van der Waals surface area contributed by atoms with E-state index in [1.165, 1.54) is 27.1 Å². The van der Waals surface area contributed by atoms with Gasteiger partial charge in [0.1, 0.15) is 0 Å². The molecule has 0 saturated heterocycles. The largest absolute Gasteiger partial charge is 0.271 e. The summed E-state index contributed by atoms with van der Waals surface area (Å²) in [7, 11) is 0. The lowest BCUT2D eigenvalue weighted by Crippen LogP contribution is -2.29. The highest BCUT2D eigenvalue weighted by Crippen LogP contribution is 2.30. The molecule has 0 heterocycles. The first-order valence-corrected chi connectivity index (χ1v) is 7.55. The molecule has 2 nitrogen and oxygen atoms in total. The molecule has 100 valence electrons. The summed E-state index contributed by atoms with van der Waals surface area (Å²) in [6, 6.07) is 15.0. The van der Waals surface area contributed by atoms with E-state index in [4.69, 9.17) is 5.84 Å². The molecule has 0 amide bonds. The van der Waals surface area contributed by atoms with E-state index in [1.54, 1.807) is 11.8 Å². The average Bonchev–Trinajstić information content (AvgIpc) is 2.39. The third kappa shape index (κ3) is 3.18. The van der Waals surface area contributed by atoms with E-state index in [1.807, 2.05) is 0 Å². The molecule has 0 fully saturated rings. The van der Waals surface area contributed by atoms with Crippen molar-refractivity contribution in [2.75, 3.05) is 6.26 Å². The minimum absolute atomic E-state index is 0.0299. The SMILES string of the molecule is CSc1ccccc1C(NN)c1cc(C)cc(C)c1. The van der Waals surface area contributed by atoms with Gasteiger partial charge in [-0.25, -0.2) is 5.43 Å². The Bertz CT molecular complexity index is 546. The average molecular weight is 272 g/mol. The molecule has 2 rings (SSSR count). The van der Waals surface area contributed by atoms with Crippen molar-refractivity contribution < 1.29 is 0 Å². The summed E-state index contributed by atoms with van der Waals surface area (Å²) >= 11 is 1.75. The molecule has 0 aromatic heterocycles. The molecule has 1 unspecified atom stereocenters. The maximum atomic E-state index is 5.80. The van der Waals surface area contributed by atoms with Gasteiger partial charge in [-0.05, 0) is 37.3 Å². The lowest BCUT2D eigenvalue weighted by molar-refractivity contribution is 0.627. The minimum Gasteiger partial charge on any atom is -0.271 e. The summed E-state index contributed by atoms with van der Waals surface area (Å²) in [6.45, 7) is 4.23. The fourth-order valence-corrected chi connectivity index (χ4v) is 3.08. The number of aryl methyl sites for hydroxylation is 2. The summed E-state index contributed by atoms with van der Waals surface area (Å²) in [6.07, 6.45) is 2.09. The van der Waals surface area contributed by atoms with Crippen LogP contribution in [0, 0.1) is 13.8 Å². The lowest BCUT2D eigenvalue weighted by atomic mass is 9.96. The van der Waals surface area contributed by atoms with Crippen molar-refractivity contribution >= 4 is 11.8 Å². The number of nitrogens with one attached hydrogen (secondary N) is 1. The molecule has 1 atom stereocenters. The second-order valence-corrected chi connectivity index (χ2v) is 5.61. The Labute approximate surface area is 119 Å². The zero-order valence-electron chi connectivity index (χ0n) is 11.6. The van der Waals surface area contributed by atoms with Crippen LogP contribution in [0.1, 0.15) is 28.3 Å². The van der Waals surface area contributed by atoms with E-state index in [-0.39, 0.29) is 6.04 Å². The molecular weight excluding hydrogens is 252 g/mol. The molecule has 3 N–H and O–H groups in total. The van der Waals surface area contributed by atoms with Crippen LogP contribution in [0.15, 0.2) is 47.4 Å². The van der Waals surface area contributed by atoms with Gasteiger partial charge in [-0.1, -0.05) is 47.5 Å². The van der Waals surface area contributed by atoms with Crippen molar-refractivity contribution in [2.24, 2.45) is 5.84 Å². The third-order valence-corrected chi connectivity index (χ3v) is 4.01. The van der Waals surface area contributed by atoms with Crippen LogP contribution < -0.4 is 11.3 Å².